The summed E-state index contributed by atoms with van der Waals surface area (Å²) in [4.78, 5) is 39.7. The van der Waals surface area contributed by atoms with Gasteiger partial charge in [0.05, 0.1) is 11.1 Å². The first-order valence-corrected chi connectivity index (χ1v) is 11.8. The first-order valence-electron chi connectivity index (χ1n) is 11.8. The van der Waals surface area contributed by atoms with Gasteiger partial charge in [-0.1, -0.05) is 31.2 Å². The van der Waals surface area contributed by atoms with Crippen LogP contribution in [0.2, 0.25) is 0 Å². The Morgan fingerprint density at radius 3 is 2.11 bits per heavy atom. The Bertz CT molecular complexity index is 1180. The van der Waals surface area contributed by atoms with Crippen molar-refractivity contribution in [3.8, 4) is 0 Å². The van der Waals surface area contributed by atoms with Gasteiger partial charge in [-0.2, -0.15) is 26.3 Å². The number of alkyl halides is 6. The first kappa shape index (κ1) is 29.0. The summed E-state index contributed by atoms with van der Waals surface area (Å²) >= 11 is 0. The van der Waals surface area contributed by atoms with E-state index >= 15 is 0 Å². The van der Waals surface area contributed by atoms with Crippen molar-refractivity contribution in [2.24, 2.45) is 11.7 Å². The lowest BCUT2D eigenvalue weighted by atomic mass is 9.77. The van der Waals surface area contributed by atoms with Crippen LogP contribution in [0.5, 0.6) is 0 Å². The van der Waals surface area contributed by atoms with Gasteiger partial charge in [0, 0.05) is 38.5 Å². The largest absolute Gasteiger partial charge is 0.416 e. The molecule has 2 aromatic carbocycles. The third kappa shape index (κ3) is 6.46. The molecule has 12 heteroatoms. The molecule has 0 aliphatic carbocycles. The predicted molar refractivity (Wildman–Crippen MR) is 125 cm³/mol. The van der Waals surface area contributed by atoms with Gasteiger partial charge in [0.15, 0.2) is 0 Å². The van der Waals surface area contributed by atoms with E-state index in [1.165, 1.54) is 11.9 Å². The number of likely N-dealkylation sites (tertiary alicyclic amines) is 1. The van der Waals surface area contributed by atoms with E-state index in [4.69, 9.17) is 5.73 Å². The maximum Gasteiger partial charge on any atom is 0.416 e. The summed E-state index contributed by atoms with van der Waals surface area (Å²) in [5.74, 6) is -3.84. The van der Waals surface area contributed by atoms with Gasteiger partial charge in [-0.3, -0.25) is 14.4 Å². The van der Waals surface area contributed by atoms with Crippen molar-refractivity contribution >= 4 is 17.7 Å². The summed E-state index contributed by atoms with van der Waals surface area (Å²) in [6.07, 6.45) is -9.28. The van der Waals surface area contributed by atoms with Gasteiger partial charge in [0.1, 0.15) is 0 Å². The summed E-state index contributed by atoms with van der Waals surface area (Å²) in [6, 6.07) is 8.45. The van der Waals surface area contributed by atoms with Crippen molar-refractivity contribution in [1.29, 1.82) is 0 Å². The predicted octanol–water partition coefficient (Wildman–Crippen LogP) is 4.36. The quantitative estimate of drug-likeness (QED) is 0.449. The number of carbonyl (C=O) groups excluding carboxylic acids is 3. The molecular weight excluding hydrogens is 516 g/mol. The highest BCUT2D eigenvalue weighted by Crippen LogP contribution is 2.38. The Labute approximate surface area is 215 Å². The van der Waals surface area contributed by atoms with Crippen LogP contribution < -0.4 is 5.73 Å². The topological polar surface area (TPSA) is 83.7 Å². The summed E-state index contributed by atoms with van der Waals surface area (Å²) in [5, 5.41) is 0. The number of hydrogen-bond acceptors (Lipinski definition) is 3. The SMILES string of the molecule is CCc1ccccc1[C@@H]1CN(C(=O)C(N)=O)CCC1C(=O)N(C)Cc1cc(C(F)(F)F)cc(C(F)(F)F)c1. The van der Waals surface area contributed by atoms with Crippen molar-refractivity contribution in [3.63, 3.8) is 0 Å². The molecule has 2 N–H and O–H groups in total. The number of carbonyl (C=O) groups is 3. The highest BCUT2D eigenvalue weighted by atomic mass is 19.4. The Hall–Kier alpha value is -3.57. The second-order valence-corrected chi connectivity index (χ2v) is 9.28. The zero-order chi connectivity index (χ0) is 28.4. The van der Waals surface area contributed by atoms with Crippen molar-refractivity contribution in [2.45, 2.75) is 44.6 Å². The normalized spacial score (nSPS) is 18.3. The summed E-state index contributed by atoms with van der Waals surface area (Å²) < 4.78 is 79.7. The fraction of sp³-hybridized carbons (Fsp3) is 0.423. The van der Waals surface area contributed by atoms with Crippen LogP contribution in [0.25, 0.3) is 0 Å². The number of rotatable bonds is 5. The van der Waals surface area contributed by atoms with Crippen molar-refractivity contribution in [1.82, 2.24) is 9.80 Å². The third-order valence-corrected chi connectivity index (χ3v) is 6.71. The van der Waals surface area contributed by atoms with Crippen molar-refractivity contribution < 1.29 is 40.7 Å². The maximum atomic E-state index is 13.5. The minimum atomic E-state index is -5.01. The molecule has 0 spiro atoms. The van der Waals surface area contributed by atoms with Crippen LogP contribution in [0.3, 0.4) is 0 Å². The van der Waals surface area contributed by atoms with Crippen molar-refractivity contribution in [2.75, 3.05) is 20.1 Å². The first-order chi connectivity index (χ1) is 17.6. The number of primary amides is 1. The summed E-state index contributed by atoms with van der Waals surface area (Å²) in [6.45, 7) is 1.46. The fourth-order valence-electron chi connectivity index (χ4n) is 4.87. The number of amides is 3. The number of hydrogen-bond donors (Lipinski definition) is 1. The van der Waals surface area contributed by atoms with E-state index in [-0.39, 0.29) is 31.1 Å². The van der Waals surface area contributed by atoms with Crippen molar-refractivity contribution in [3.05, 3.63) is 70.3 Å². The zero-order valence-electron chi connectivity index (χ0n) is 20.7. The van der Waals surface area contributed by atoms with E-state index in [9.17, 15) is 40.7 Å². The minimum absolute atomic E-state index is 0.00478. The second kappa shape index (κ2) is 11.0. The lowest BCUT2D eigenvalue weighted by molar-refractivity contribution is -0.147. The van der Waals surface area contributed by atoms with Crippen LogP contribution in [0, 0.1) is 5.92 Å². The van der Waals surface area contributed by atoms with Gasteiger partial charge in [0.2, 0.25) is 5.91 Å². The Morgan fingerprint density at radius 2 is 1.58 bits per heavy atom. The number of nitrogens with zero attached hydrogens (tertiary/aromatic N) is 2. The molecule has 1 heterocycles. The van der Waals surface area contributed by atoms with E-state index < -0.39 is 59.6 Å². The molecule has 0 bridgehead atoms. The smallest absolute Gasteiger partial charge is 0.361 e. The Balaban J connectivity index is 1.94. The lowest BCUT2D eigenvalue weighted by Gasteiger charge is -2.39. The van der Waals surface area contributed by atoms with Crippen LogP contribution >= 0.6 is 0 Å². The van der Waals surface area contributed by atoms with E-state index in [1.54, 1.807) is 12.1 Å². The third-order valence-electron chi connectivity index (χ3n) is 6.71. The number of nitrogens with two attached hydrogens (primary N) is 1. The highest BCUT2D eigenvalue weighted by Gasteiger charge is 2.40. The van der Waals surface area contributed by atoms with E-state index in [2.05, 4.69) is 0 Å². The van der Waals surface area contributed by atoms with Crippen LogP contribution in [0.1, 0.15) is 47.1 Å². The molecule has 0 aromatic heterocycles. The molecule has 1 aliphatic heterocycles. The number of piperidine rings is 1. The molecule has 38 heavy (non-hydrogen) atoms. The summed E-state index contributed by atoms with van der Waals surface area (Å²) in [7, 11) is 1.31. The van der Waals surface area contributed by atoms with Gasteiger partial charge >= 0.3 is 24.2 Å². The molecule has 2 atom stereocenters. The molecule has 1 saturated heterocycles. The fourth-order valence-corrected chi connectivity index (χ4v) is 4.87. The highest BCUT2D eigenvalue weighted by molar-refractivity contribution is 6.34. The number of aryl methyl sites for hydroxylation is 1. The monoisotopic (exact) mass is 543 g/mol. The molecule has 6 nitrogen and oxygen atoms in total. The standard InChI is InChI=1S/C26H27F6N3O3/c1-3-16-6-4-5-7-19(16)21-14-35(24(38)22(33)36)9-8-20(21)23(37)34(2)13-15-10-17(25(27,28)29)12-18(11-15)26(30,31)32/h4-7,10-12,20-21H,3,8-9,13-14H2,1-2H3,(H2,33,36)/t20?,21-/m0/s1. The molecule has 0 radical (unpaired) electrons. The van der Waals surface area contributed by atoms with E-state index in [0.29, 0.717) is 18.6 Å². The molecule has 1 aliphatic rings. The van der Waals surface area contributed by atoms with E-state index in [0.717, 1.165) is 16.0 Å². The molecule has 3 rings (SSSR count). The minimum Gasteiger partial charge on any atom is -0.361 e. The van der Waals surface area contributed by atoms with Crippen LogP contribution in [-0.2, 0) is 39.7 Å². The van der Waals surface area contributed by atoms with Gasteiger partial charge in [0.25, 0.3) is 0 Å². The van der Waals surface area contributed by atoms with E-state index in [1.807, 2.05) is 19.1 Å². The van der Waals surface area contributed by atoms with Crippen LogP contribution in [0.15, 0.2) is 42.5 Å². The van der Waals surface area contributed by atoms with Crippen LogP contribution in [-0.4, -0.2) is 47.7 Å². The van der Waals surface area contributed by atoms with Crippen LogP contribution in [0.4, 0.5) is 26.3 Å². The van der Waals surface area contributed by atoms with Gasteiger partial charge in [-0.25, -0.2) is 0 Å². The molecule has 3 amide bonds. The maximum absolute atomic E-state index is 13.5. The molecule has 0 saturated carbocycles. The lowest BCUT2D eigenvalue weighted by Crippen LogP contribution is -2.50. The molecular formula is C26H27F6N3O3. The van der Waals surface area contributed by atoms with Gasteiger partial charge in [-0.05, 0) is 47.7 Å². The Kier molecular flexibility index (Phi) is 8.42. The number of halogens is 6. The Morgan fingerprint density at radius 1 is 1.00 bits per heavy atom. The molecule has 206 valence electrons. The molecule has 1 unspecified atom stereocenters. The second-order valence-electron chi connectivity index (χ2n) is 9.28. The van der Waals surface area contributed by atoms with Gasteiger partial charge in [-0.15, -0.1) is 0 Å². The molecule has 2 aromatic rings. The average molecular weight is 544 g/mol. The van der Waals surface area contributed by atoms with Gasteiger partial charge < -0.3 is 15.5 Å². The summed E-state index contributed by atoms with van der Waals surface area (Å²) in [5.41, 5.74) is 3.58. The number of benzene rings is 2. The zero-order valence-corrected chi connectivity index (χ0v) is 20.7. The average Bonchev–Trinajstić information content (AvgIpc) is 2.86. The molecule has 1 fully saturated rings.